The van der Waals surface area contributed by atoms with Crippen molar-refractivity contribution < 1.29 is 8.42 Å². The molecule has 0 aliphatic rings. The Balaban J connectivity index is 2.16. The fraction of sp³-hybridized carbons (Fsp3) is 0.250. The minimum absolute atomic E-state index is 0.206. The lowest BCUT2D eigenvalue weighted by Crippen LogP contribution is -2.18. The Morgan fingerprint density at radius 3 is 2.14 bits per heavy atom. The van der Waals surface area contributed by atoms with E-state index in [-0.39, 0.29) is 10.9 Å². The molecule has 0 saturated heterocycles. The number of hydrogen-bond acceptors (Lipinski definition) is 3. The molecule has 0 fully saturated rings. The van der Waals surface area contributed by atoms with Crippen LogP contribution in [0.4, 0.5) is 5.69 Å². The minimum atomic E-state index is -3.38. The summed E-state index contributed by atoms with van der Waals surface area (Å²) >= 11 is 0. The van der Waals surface area contributed by atoms with Gasteiger partial charge in [0, 0.05) is 5.69 Å². The quantitative estimate of drug-likeness (QED) is 0.862. The van der Waals surface area contributed by atoms with Crippen LogP contribution in [0.5, 0.6) is 0 Å². The van der Waals surface area contributed by atoms with Crippen LogP contribution in [0.2, 0.25) is 0 Å². The van der Waals surface area contributed by atoms with E-state index in [9.17, 15) is 8.42 Å². The Morgan fingerprint density at radius 1 is 1.00 bits per heavy atom. The van der Waals surface area contributed by atoms with Crippen LogP contribution in [0.25, 0.3) is 0 Å². The van der Waals surface area contributed by atoms with Crippen molar-refractivity contribution in [2.45, 2.75) is 24.3 Å². The van der Waals surface area contributed by atoms with Gasteiger partial charge in [0.15, 0.2) is 0 Å². The van der Waals surface area contributed by atoms with Crippen LogP contribution < -0.4 is 10.0 Å². The lowest BCUT2D eigenvalue weighted by atomic mass is 10.0. The largest absolute Gasteiger partial charge is 0.378 e. The minimum Gasteiger partial charge on any atom is -0.378 e. The number of hydrogen-bond donors (Lipinski definition) is 2. The van der Waals surface area contributed by atoms with Crippen molar-refractivity contribution in [1.82, 2.24) is 4.72 Å². The zero-order valence-electron chi connectivity index (χ0n) is 12.2. The first-order chi connectivity index (χ1) is 10.1. The maximum Gasteiger partial charge on any atom is 0.240 e. The van der Waals surface area contributed by atoms with E-state index in [1.165, 1.54) is 12.6 Å². The van der Waals surface area contributed by atoms with E-state index in [4.69, 9.17) is 0 Å². The van der Waals surface area contributed by atoms with Crippen molar-refractivity contribution in [1.29, 1.82) is 0 Å². The van der Waals surface area contributed by atoms with Gasteiger partial charge in [-0.15, -0.1) is 0 Å². The second-order valence-electron chi connectivity index (χ2n) is 4.75. The van der Waals surface area contributed by atoms with E-state index in [1.54, 1.807) is 24.3 Å². The fourth-order valence-electron chi connectivity index (χ4n) is 2.16. The highest BCUT2D eigenvalue weighted by Gasteiger charge is 2.12. The number of benzene rings is 2. The van der Waals surface area contributed by atoms with E-state index < -0.39 is 10.0 Å². The molecular weight excluding hydrogens is 284 g/mol. The Morgan fingerprint density at radius 2 is 1.62 bits per heavy atom. The van der Waals surface area contributed by atoms with Gasteiger partial charge in [-0.3, -0.25) is 0 Å². The van der Waals surface area contributed by atoms with Gasteiger partial charge in [0.05, 0.1) is 10.9 Å². The normalized spacial score (nSPS) is 12.9. The van der Waals surface area contributed by atoms with Gasteiger partial charge < -0.3 is 5.32 Å². The van der Waals surface area contributed by atoms with Crippen molar-refractivity contribution in [2.24, 2.45) is 0 Å². The van der Waals surface area contributed by atoms with Gasteiger partial charge in [-0.2, -0.15) is 0 Å². The summed E-state index contributed by atoms with van der Waals surface area (Å²) in [4.78, 5) is 0.267. The predicted octanol–water partition coefficient (Wildman–Crippen LogP) is 3.16. The van der Waals surface area contributed by atoms with E-state index in [2.05, 4.69) is 29.1 Å². The van der Waals surface area contributed by atoms with Gasteiger partial charge in [-0.25, -0.2) is 13.1 Å². The maximum absolute atomic E-state index is 11.7. The Hall–Kier alpha value is -1.85. The van der Waals surface area contributed by atoms with Crippen molar-refractivity contribution in [3.63, 3.8) is 0 Å². The van der Waals surface area contributed by atoms with Gasteiger partial charge >= 0.3 is 0 Å². The molecule has 0 spiro atoms. The summed E-state index contributed by atoms with van der Waals surface area (Å²) in [6.45, 7) is 2.12. The molecule has 0 amide bonds. The van der Waals surface area contributed by atoms with Crippen LogP contribution in [-0.2, 0) is 10.0 Å². The summed E-state index contributed by atoms with van der Waals surface area (Å²) in [6, 6.07) is 17.2. The molecule has 112 valence electrons. The monoisotopic (exact) mass is 304 g/mol. The van der Waals surface area contributed by atoms with E-state index in [0.717, 1.165) is 12.1 Å². The first kappa shape index (κ1) is 15.5. The molecule has 0 aliphatic carbocycles. The van der Waals surface area contributed by atoms with E-state index in [1.807, 2.05) is 18.2 Å². The molecule has 0 radical (unpaired) electrons. The molecule has 4 nitrogen and oxygen atoms in total. The maximum atomic E-state index is 11.7. The Kier molecular flexibility index (Phi) is 4.98. The van der Waals surface area contributed by atoms with Crippen LogP contribution in [0, 0.1) is 0 Å². The predicted molar refractivity (Wildman–Crippen MR) is 85.8 cm³/mol. The van der Waals surface area contributed by atoms with Crippen LogP contribution >= 0.6 is 0 Å². The number of sulfonamides is 1. The van der Waals surface area contributed by atoms with Gasteiger partial charge in [-0.1, -0.05) is 37.3 Å². The molecule has 5 heteroatoms. The highest BCUT2D eigenvalue weighted by Crippen LogP contribution is 2.23. The lowest BCUT2D eigenvalue weighted by Gasteiger charge is -2.19. The topological polar surface area (TPSA) is 58.2 Å². The summed E-state index contributed by atoms with van der Waals surface area (Å²) in [5, 5.41) is 3.43. The Labute approximate surface area is 126 Å². The smallest absolute Gasteiger partial charge is 0.240 e. The first-order valence-electron chi connectivity index (χ1n) is 6.92. The third-order valence-electron chi connectivity index (χ3n) is 3.38. The molecular formula is C16H20N2O2S. The molecule has 0 heterocycles. The average Bonchev–Trinajstić information content (AvgIpc) is 2.54. The summed E-state index contributed by atoms with van der Waals surface area (Å²) in [5.74, 6) is 0. The molecule has 0 aromatic heterocycles. The molecule has 2 N–H and O–H groups in total. The van der Waals surface area contributed by atoms with E-state index in [0.29, 0.717) is 0 Å². The van der Waals surface area contributed by atoms with Gasteiger partial charge in [0.25, 0.3) is 0 Å². The third kappa shape index (κ3) is 3.83. The SMILES string of the molecule is CCC(Nc1ccc(S(=O)(=O)NC)cc1)c1ccccc1. The second kappa shape index (κ2) is 6.74. The molecule has 2 aromatic rings. The first-order valence-corrected chi connectivity index (χ1v) is 8.40. The standard InChI is InChI=1S/C16H20N2O2S/c1-3-16(13-7-5-4-6-8-13)18-14-9-11-15(12-10-14)21(19,20)17-2/h4-12,16-18H,3H2,1-2H3. The molecule has 0 bridgehead atoms. The lowest BCUT2D eigenvalue weighted by molar-refractivity contribution is 0.588. The fourth-order valence-corrected chi connectivity index (χ4v) is 2.89. The summed E-state index contributed by atoms with van der Waals surface area (Å²) in [5.41, 5.74) is 2.12. The Bertz CT molecular complexity index is 667. The molecule has 21 heavy (non-hydrogen) atoms. The number of anilines is 1. The zero-order chi connectivity index (χ0) is 15.3. The second-order valence-corrected chi connectivity index (χ2v) is 6.63. The van der Waals surface area contributed by atoms with Crippen molar-refractivity contribution >= 4 is 15.7 Å². The number of nitrogens with one attached hydrogen (secondary N) is 2. The molecule has 0 saturated carbocycles. The van der Waals surface area contributed by atoms with E-state index >= 15 is 0 Å². The molecule has 0 aliphatic heterocycles. The molecule has 1 atom stereocenters. The summed E-state index contributed by atoms with van der Waals surface area (Å²) in [6.07, 6.45) is 0.945. The molecule has 2 rings (SSSR count). The van der Waals surface area contributed by atoms with Crippen LogP contribution in [0.15, 0.2) is 59.5 Å². The average molecular weight is 304 g/mol. The molecule has 2 aromatic carbocycles. The third-order valence-corrected chi connectivity index (χ3v) is 4.81. The van der Waals surface area contributed by atoms with Crippen molar-refractivity contribution in [2.75, 3.05) is 12.4 Å². The number of rotatable bonds is 6. The van der Waals surface area contributed by atoms with Crippen LogP contribution in [-0.4, -0.2) is 15.5 Å². The van der Waals surface area contributed by atoms with Crippen LogP contribution in [0.3, 0.4) is 0 Å². The highest BCUT2D eigenvalue weighted by atomic mass is 32.2. The van der Waals surface area contributed by atoms with Crippen molar-refractivity contribution in [3.8, 4) is 0 Å². The molecule has 1 unspecified atom stereocenters. The van der Waals surface area contributed by atoms with Gasteiger partial charge in [-0.05, 0) is 43.3 Å². The van der Waals surface area contributed by atoms with Gasteiger partial charge in [0.1, 0.15) is 0 Å². The van der Waals surface area contributed by atoms with Crippen LogP contribution in [0.1, 0.15) is 24.9 Å². The summed E-state index contributed by atoms with van der Waals surface area (Å²) in [7, 11) is -1.97. The zero-order valence-corrected chi connectivity index (χ0v) is 13.0. The van der Waals surface area contributed by atoms with Gasteiger partial charge in [0.2, 0.25) is 10.0 Å². The summed E-state index contributed by atoms with van der Waals surface area (Å²) < 4.78 is 25.7. The van der Waals surface area contributed by atoms with Crippen molar-refractivity contribution in [3.05, 3.63) is 60.2 Å². The highest BCUT2D eigenvalue weighted by molar-refractivity contribution is 7.89.